The van der Waals surface area contributed by atoms with Crippen LogP contribution in [-0.2, 0) is 16.0 Å². The molecule has 2 N–H and O–H groups in total. The average molecular weight is 432 g/mol. The van der Waals surface area contributed by atoms with Gasteiger partial charge in [0, 0.05) is 33.9 Å². The molecule has 4 rings (SSSR count). The molecule has 27 heavy (non-hydrogen) atoms. The van der Waals surface area contributed by atoms with Crippen molar-refractivity contribution in [1.82, 2.24) is 10.2 Å². The van der Waals surface area contributed by atoms with Gasteiger partial charge in [0.15, 0.2) is 5.82 Å². The van der Waals surface area contributed by atoms with Gasteiger partial charge in [-0.15, -0.1) is 0 Å². The SMILES string of the molecule is CCCC1=C(C(=O)OCC)C(c2cc(Br)cc3c2OCC3)c2c[nH]nc2N1. The van der Waals surface area contributed by atoms with Crippen LogP contribution in [0.4, 0.5) is 5.82 Å². The molecule has 0 amide bonds. The fourth-order valence-corrected chi connectivity index (χ4v) is 4.41. The Bertz CT molecular complexity index is 919. The summed E-state index contributed by atoms with van der Waals surface area (Å²) in [5.74, 6) is 1.04. The number of carbonyl (C=O) groups excluding carboxylic acids is 1. The number of hydrogen-bond acceptors (Lipinski definition) is 5. The summed E-state index contributed by atoms with van der Waals surface area (Å²) < 4.78 is 12.4. The number of esters is 1. The van der Waals surface area contributed by atoms with Crippen LogP contribution in [-0.4, -0.2) is 29.4 Å². The van der Waals surface area contributed by atoms with E-state index in [1.165, 1.54) is 0 Å². The van der Waals surface area contributed by atoms with Gasteiger partial charge in [0.25, 0.3) is 0 Å². The Balaban J connectivity index is 1.94. The Morgan fingerprint density at radius 1 is 1.37 bits per heavy atom. The molecule has 142 valence electrons. The number of nitrogens with zero attached hydrogens (tertiary/aromatic N) is 1. The van der Waals surface area contributed by atoms with Crippen molar-refractivity contribution in [1.29, 1.82) is 0 Å². The Morgan fingerprint density at radius 3 is 3.00 bits per heavy atom. The zero-order valence-corrected chi connectivity index (χ0v) is 17.0. The highest BCUT2D eigenvalue weighted by Gasteiger charge is 2.38. The molecule has 2 aromatic rings. The Kier molecular flexibility index (Phi) is 4.95. The second-order valence-electron chi connectivity index (χ2n) is 6.69. The largest absolute Gasteiger partial charge is 0.493 e. The molecule has 7 heteroatoms. The second-order valence-corrected chi connectivity index (χ2v) is 7.61. The van der Waals surface area contributed by atoms with Crippen molar-refractivity contribution in [3.8, 4) is 5.75 Å². The monoisotopic (exact) mass is 431 g/mol. The van der Waals surface area contributed by atoms with E-state index in [0.29, 0.717) is 18.8 Å². The van der Waals surface area contributed by atoms with Gasteiger partial charge < -0.3 is 14.8 Å². The first-order chi connectivity index (χ1) is 13.1. The predicted molar refractivity (Wildman–Crippen MR) is 106 cm³/mol. The lowest BCUT2D eigenvalue weighted by Crippen LogP contribution is -2.25. The van der Waals surface area contributed by atoms with Crippen LogP contribution < -0.4 is 10.1 Å². The molecule has 0 fully saturated rings. The molecule has 0 radical (unpaired) electrons. The van der Waals surface area contributed by atoms with Gasteiger partial charge in [-0.25, -0.2) is 4.79 Å². The maximum absolute atomic E-state index is 13.0. The molecule has 3 heterocycles. The van der Waals surface area contributed by atoms with E-state index >= 15 is 0 Å². The molecule has 1 atom stereocenters. The molecule has 1 aromatic carbocycles. The van der Waals surface area contributed by atoms with Crippen molar-refractivity contribution in [2.75, 3.05) is 18.5 Å². The molecule has 0 saturated carbocycles. The molecule has 0 spiro atoms. The van der Waals surface area contributed by atoms with Crippen LogP contribution in [0.5, 0.6) is 5.75 Å². The van der Waals surface area contributed by atoms with Crippen LogP contribution in [0.15, 0.2) is 34.1 Å². The lowest BCUT2D eigenvalue weighted by Gasteiger charge is -2.29. The number of carbonyl (C=O) groups is 1. The van der Waals surface area contributed by atoms with Gasteiger partial charge in [0.1, 0.15) is 5.75 Å². The van der Waals surface area contributed by atoms with Gasteiger partial charge in [-0.3, -0.25) is 5.10 Å². The van der Waals surface area contributed by atoms with E-state index in [4.69, 9.17) is 9.47 Å². The zero-order chi connectivity index (χ0) is 19.0. The zero-order valence-electron chi connectivity index (χ0n) is 15.4. The molecule has 0 aliphatic carbocycles. The standard InChI is InChI=1S/C20H22BrN3O3/c1-3-5-15-17(20(25)26-4-2)16(14-10-22-24-19(14)23-15)13-9-12(21)8-11-6-7-27-18(11)13/h8-10,16H,3-7H2,1-2H3,(H2,22,23,24). The van der Waals surface area contributed by atoms with E-state index in [9.17, 15) is 4.79 Å². The first-order valence-corrected chi connectivity index (χ1v) is 10.1. The third-order valence-corrected chi connectivity index (χ3v) is 5.41. The lowest BCUT2D eigenvalue weighted by molar-refractivity contribution is -0.138. The Labute approximate surface area is 166 Å². The smallest absolute Gasteiger partial charge is 0.336 e. The van der Waals surface area contributed by atoms with Crippen LogP contribution in [0.1, 0.15) is 49.3 Å². The highest BCUT2D eigenvalue weighted by atomic mass is 79.9. The lowest BCUT2D eigenvalue weighted by atomic mass is 9.81. The number of nitrogens with one attached hydrogen (secondary N) is 2. The summed E-state index contributed by atoms with van der Waals surface area (Å²) in [6.45, 7) is 4.90. The van der Waals surface area contributed by atoms with Gasteiger partial charge >= 0.3 is 5.97 Å². The van der Waals surface area contributed by atoms with E-state index in [1.54, 1.807) is 0 Å². The van der Waals surface area contributed by atoms with Crippen LogP contribution in [0.25, 0.3) is 0 Å². The maximum Gasteiger partial charge on any atom is 0.336 e. The molecule has 2 aliphatic rings. The molecule has 1 unspecified atom stereocenters. The van der Waals surface area contributed by atoms with E-state index in [1.807, 2.05) is 19.2 Å². The number of hydrogen-bond donors (Lipinski definition) is 2. The molecule has 1 aromatic heterocycles. The number of aromatic nitrogens is 2. The van der Waals surface area contributed by atoms with Gasteiger partial charge in [-0.2, -0.15) is 5.10 Å². The number of allylic oxidation sites excluding steroid dienone is 1. The van der Waals surface area contributed by atoms with E-state index < -0.39 is 0 Å². The predicted octanol–water partition coefficient (Wildman–Crippen LogP) is 4.28. The number of fused-ring (bicyclic) bond motifs is 2. The van der Waals surface area contributed by atoms with Gasteiger partial charge in [-0.05, 0) is 31.0 Å². The third kappa shape index (κ3) is 3.14. The number of anilines is 1. The number of ether oxygens (including phenoxy) is 2. The van der Waals surface area contributed by atoms with Crippen molar-refractivity contribution in [3.63, 3.8) is 0 Å². The fraction of sp³-hybridized carbons (Fsp3) is 0.400. The third-order valence-electron chi connectivity index (χ3n) is 4.95. The van der Waals surface area contributed by atoms with Crippen LogP contribution >= 0.6 is 15.9 Å². The minimum Gasteiger partial charge on any atom is -0.493 e. The van der Waals surface area contributed by atoms with Crippen molar-refractivity contribution in [3.05, 3.63) is 50.8 Å². The number of halogens is 1. The van der Waals surface area contributed by atoms with E-state index in [2.05, 4.69) is 44.4 Å². The Morgan fingerprint density at radius 2 is 2.22 bits per heavy atom. The molecular formula is C20H22BrN3O3. The highest BCUT2D eigenvalue weighted by molar-refractivity contribution is 9.10. The maximum atomic E-state index is 13.0. The van der Waals surface area contributed by atoms with Crippen LogP contribution in [0.3, 0.4) is 0 Å². The second kappa shape index (κ2) is 7.38. The number of H-pyrrole nitrogens is 1. The van der Waals surface area contributed by atoms with E-state index in [0.717, 1.165) is 57.7 Å². The summed E-state index contributed by atoms with van der Waals surface area (Å²) in [7, 11) is 0. The molecule has 0 saturated heterocycles. The summed E-state index contributed by atoms with van der Waals surface area (Å²) in [5.41, 5.74) is 4.56. The normalized spacial score (nSPS) is 17.8. The molecule has 6 nitrogen and oxygen atoms in total. The van der Waals surface area contributed by atoms with Gasteiger partial charge in [0.05, 0.1) is 24.7 Å². The number of aromatic amines is 1. The first kappa shape index (κ1) is 18.1. The van der Waals surface area contributed by atoms with Gasteiger partial charge in [0.2, 0.25) is 0 Å². The van der Waals surface area contributed by atoms with Gasteiger partial charge in [-0.1, -0.05) is 29.3 Å². The molecule has 0 bridgehead atoms. The fourth-order valence-electron chi connectivity index (χ4n) is 3.89. The summed E-state index contributed by atoms with van der Waals surface area (Å²) in [5, 5.41) is 10.6. The summed E-state index contributed by atoms with van der Waals surface area (Å²) in [4.78, 5) is 13.0. The number of benzene rings is 1. The van der Waals surface area contributed by atoms with Crippen LogP contribution in [0.2, 0.25) is 0 Å². The first-order valence-electron chi connectivity index (χ1n) is 9.30. The quantitative estimate of drug-likeness (QED) is 0.690. The topological polar surface area (TPSA) is 76.2 Å². The Hall–Kier alpha value is -2.28. The van der Waals surface area contributed by atoms with Crippen molar-refractivity contribution >= 4 is 27.7 Å². The summed E-state index contributed by atoms with van der Waals surface area (Å²) >= 11 is 3.62. The van der Waals surface area contributed by atoms with Crippen molar-refractivity contribution in [2.24, 2.45) is 0 Å². The summed E-state index contributed by atoms with van der Waals surface area (Å²) in [6, 6.07) is 4.13. The van der Waals surface area contributed by atoms with E-state index in [-0.39, 0.29) is 11.9 Å². The molecular weight excluding hydrogens is 410 g/mol. The minimum absolute atomic E-state index is 0.287. The summed E-state index contributed by atoms with van der Waals surface area (Å²) in [6.07, 6.45) is 4.36. The molecule has 2 aliphatic heterocycles. The highest BCUT2D eigenvalue weighted by Crippen LogP contribution is 2.47. The minimum atomic E-state index is -0.294. The number of rotatable bonds is 5. The average Bonchev–Trinajstić information content (AvgIpc) is 3.29. The van der Waals surface area contributed by atoms with Crippen LogP contribution in [0, 0.1) is 0 Å². The van der Waals surface area contributed by atoms with Crippen molar-refractivity contribution < 1.29 is 14.3 Å². The van der Waals surface area contributed by atoms with Crippen molar-refractivity contribution in [2.45, 2.75) is 39.0 Å².